The van der Waals surface area contributed by atoms with E-state index in [2.05, 4.69) is 9.64 Å². The van der Waals surface area contributed by atoms with Gasteiger partial charge >= 0.3 is 5.97 Å². The van der Waals surface area contributed by atoms with E-state index >= 15 is 0 Å². The smallest absolute Gasteiger partial charge is 0.336 e. The van der Waals surface area contributed by atoms with Gasteiger partial charge < -0.3 is 14.2 Å². The SMILES string of the molecule is CCOCCCN1CCOC(C(=O)OC)C1. The maximum atomic E-state index is 11.3. The van der Waals surface area contributed by atoms with Gasteiger partial charge in [-0.15, -0.1) is 0 Å². The van der Waals surface area contributed by atoms with Crippen molar-refractivity contribution >= 4 is 5.97 Å². The van der Waals surface area contributed by atoms with Crippen molar-refractivity contribution in [3.8, 4) is 0 Å². The summed E-state index contributed by atoms with van der Waals surface area (Å²) in [6.07, 6.45) is 0.563. The van der Waals surface area contributed by atoms with Crippen molar-refractivity contribution in [2.45, 2.75) is 19.4 Å². The van der Waals surface area contributed by atoms with Crippen LogP contribution in [0, 0.1) is 0 Å². The number of nitrogens with zero attached hydrogens (tertiary/aromatic N) is 1. The van der Waals surface area contributed by atoms with Gasteiger partial charge in [-0.1, -0.05) is 0 Å². The molecular weight excluding hydrogens is 210 g/mol. The van der Waals surface area contributed by atoms with Crippen LogP contribution in [0.15, 0.2) is 0 Å². The van der Waals surface area contributed by atoms with Gasteiger partial charge in [-0.2, -0.15) is 0 Å². The summed E-state index contributed by atoms with van der Waals surface area (Å²) in [7, 11) is 1.39. The molecular formula is C11H21NO4. The van der Waals surface area contributed by atoms with Gasteiger partial charge in [0.25, 0.3) is 0 Å². The Morgan fingerprint density at radius 2 is 2.38 bits per heavy atom. The number of morpholine rings is 1. The molecule has 0 bridgehead atoms. The molecule has 1 rings (SSSR count). The van der Waals surface area contributed by atoms with E-state index in [4.69, 9.17) is 9.47 Å². The van der Waals surface area contributed by atoms with Crippen molar-refractivity contribution in [2.75, 3.05) is 46.6 Å². The van der Waals surface area contributed by atoms with Gasteiger partial charge in [-0.05, 0) is 13.3 Å². The van der Waals surface area contributed by atoms with Gasteiger partial charge in [-0.3, -0.25) is 4.90 Å². The molecule has 0 amide bonds. The summed E-state index contributed by atoms with van der Waals surface area (Å²) >= 11 is 0. The Hall–Kier alpha value is -0.650. The molecule has 0 aliphatic carbocycles. The van der Waals surface area contributed by atoms with Crippen molar-refractivity contribution in [1.29, 1.82) is 0 Å². The van der Waals surface area contributed by atoms with Crippen LogP contribution in [0.2, 0.25) is 0 Å². The Labute approximate surface area is 96.6 Å². The number of methoxy groups -OCH3 is 1. The van der Waals surface area contributed by atoms with Gasteiger partial charge in [0.1, 0.15) is 0 Å². The minimum absolute atomic E-state index is 0.283. The molecule has 0 spiro atoms. The molecule has 1 aliphatic rings. The van der Waals surface area contributed by atoms with Crippen molar-refractivity contribution in [1.82, 2.24) is 4.90 Å². The number of ether oxygens (including phenoxy) is 3. The quantitative estimate of drug-likeness (QED) is 0.485. The van der Waals surface area contributed by atoms with Crippen molar-refractivity contribution in [3.63, 3.8) is 0 Å². The molecule has 1 unspecified atom stereocenters. The van der Waals surface area contributed by atoms with Crippen LogP contribution >= 0.6 is 0 Å². The monoisotopic (exact) mass is 231 g/mol. The maximum Gasteiger partial charge on any atom is 0.336 e. The lowest BCUT2D eigenvalue weighted by molar-refractivity contribution is -0.159. The third-order valence-corrected chi connectivity index (χ3v) is 2.58. The van der Waals surface area contributed by atoms with E-state index in [9.17, 15) is 4.79 Å². The van der Waals surface area contributed by atoms with Crippen LogP contribution in [0.1, 0.15) is 13.3 Å². The first-order valence-corrected chi connectivity index (χ1v) is 5.77. The lowest BCUT2D eigenvalue weighted by Crippen LogP contribution is -2.46. The number of carbonyl (C=O) groups is 1. The molecule has 0 N–H and O–H groups in total. The highest BCUT2D eigenvalue weighted by molar-refractivity contribution is 5.74. The molecule has 0 aromatic heterocycles. The highest BCUT2D eigenvalue weighted by atomic mass is 16.6. The average Bonchev–Trinajstić information content (AvgIpc) is 2.34. The van der Waals surface area contributed by atoms with E-state index in [0.717, 1.165) is 32.7 Å². The Morgan fingerprint density at radius 1 is 1.56 bits per heavy atom. The van der Waals surface area contributed by atoms with Crippen molar-refractivity contribution < 1.29 is 19.0 Å². The Balaban J connectivity index is 2.20. The van der Waals surface area contributed by atoms with E-state index < -0.39 is 6.10 Å². The minimum atomic E-state index is -0.425. The number of hydrogen-bond donors (Lipinski definition) is 0. The molecule has 1 fully saturated rings. The molecule has 0 radical (unpaired) electrons. The zero-order chi connectivity index (χ0) is 11.8. The second-order valence-corrected chi connectivity index (χ2v) is 3.73. The summed E-state index contributed by atoms with van der Waals surface area (Å²) in [5.74, 6) is -0.283. The van der Waals surface area contributed by atoms with Crippen LogP contribution in [0.4, 0.5) is 0 Å². The van der Waals surface area contributed by atoms with Crippen LogP contribution in [0.3, 0.4) is 0 Å². The molecule has 5 nitrogen and oxygen atoms in total. The second-order valence-electron chi connectivity index (χ2n) is 3.73. The summed E-state index contributed by atoms with van der Waals surface area (Å²) in [4.78, 5) is 13.5. The minimum Gasteiger partial charge on any atom is -0.467 e. The van der Waals surface area contributed by atoms with Gasteiger partial charge in [0.05, 0.1) is 13.7 Å². The van der Waals surface area contributed by atoms with E-state index in [1.165, 1.54) is 7.11 Å². The van der Waals surface area contributed by atoms with Crippen LogP contribution in [-0.2, 0) is 19.0 Å². The lowest BCUT2D eigenvalue weighted by atomic mass is 10.2. The van der Waals surface area contributed by atoms with Gasteiger partial charge in [0, 0.05) is 32.8 Å². The summed E-state index contributed by atoms with van der Waals surface area (Å²) in [5, 5.41) is 0. The molecule has 94 valence electrons. The fraction of sp³-hybridized carbons (Fsp3) is 0.909. The maximum absolute atomic E-state index is 11.3. The molecule has 1 heterocycles. The molecule has 1 atom stereocenters. The predicted octanol–water partition coefficient (Wildman–Crippen LogP) is 0.287. The topological polar surface area (TPSA) is 48.0 Å². The van der Waals surface area contributed by atoms with Gasteiger partial charge in [0.2, 0.25) is 0 Å². The fourth-order valence-electron chi connectivity index (χ4n) is 1.71. The second kappa shape index (κ2) is 7.60. The number of carbonyl (C=O) groups excluding carboxylic acids is 1. The van der Waals surface area contributed by atoms with Crippen LogP contribution < -0.4 is 0 Å². The van der Waals surface area contributed by atoms with Crippen molar-refractivity contribution in [3.05, 3.63) is 0 Å². The Bertz CT molecular complexity index is 210. The fourth-order valence-corrected chi connectivity index (χ4v) is 1.71. The van der Waals surface area contributed by atoms with Crippen molar-refractivity contribution in [2.24, 2.45) is 0 Å². The lowest BCUT2D eigenvalue weighted by Gasteiger charge is -2.31. The Morgan fingerprint density at radius 3 is 3.06 bits per heavy atom. The van der Waals surface area contributed by atoms with E-state index in [0.29, 0.717) is 13.2 Å². The summed E-state index contributed by atoms with van der Waals surface area (Å²) < 4.78 is 15.3. The summed E-state index contributed by atoms with van der Waals surface area (Å²) in [6.45, 7) is 6.55. The van der Waals surface area contributed by atoms with E-state index in [-0.39, 0.29) is 5.97 Å². The molecule has 0 aromatic carbocycles. The number of hydrogen-bond acceptors (Lipinski definition) is 5. The number of rotatable bonds is 6. The first kappa shape index (κ1) is 13.4. The van der Waals surface area contributed by atoms with Crippen LogP contribution in [-0.4, -0.2) is 63.5 Å². The summed E-state index contributed by atoms with van der Waals surface area (Å²) in [5.41, 5.74) is 0. The van der Waals surface area contributed by atoms with Crippen LogP contribution in [0.5, 0.6) is 0 Å². The number of esters is 1. The molecule has 16 heavy (non-hydrogen) atoms. The molecule has 5 heteroatoms. The predicted molar refractivity (Wildman–Crippen MR) is 59.3 cm³/mol. The largest absolute Gasteiger partial charge is 0.467 e. The molecule has 1 saturated heterocycles. The normalized spacial score (nSPS) is 22.0. The van der Waals surface area contributed by atoms with Crippen LogP contribution in [0.25, 0.3) is 0 Å². The summed E-state index contributed by atoms with van der Waals surface area (Å²) in [6, 6.07) is 0. The highest BCUT2D eigenvalue weighted by Crippen LogP contribution is 2.07. The van der Waals surface area contributed by atoms with Gasteiger partial charge in [-0.25, -0.2) is 4.79 Å². The molecule has 1 aliphatic heterocycles. The first-order valence-electron chi connectivity index (χ1n) is 5.77. The third kappa shape index (κ3) is 4.47. The van der Waals surface area contributed by atoms with Gasteiger partial charge in [0.15, 0.2) is 6.10 Å². The third-order valence-electron chi connectivity index (χ3n) is 2.58. The van der Waals surface area contributed by atoms with E-state index in [1.807, 2.05) is 6.92 Å². The zero-order valence-corrected chi connectivity index (χ0v) is 10.1. The molecule has 0 saturated carbocycles. The standard InChI is InChI=1S/C11H21NO4/c1-3-15-7-4-5-12-6-8-16-10(9-12)11(13)14-2/h10H,3-9H2,1-2H3. The average molecular weight is 231 g/mol. The highest BCUT2D eigenvalue weighted by Gasteiger charge is 2.26. The first-order chi connectivity index (χ1) is 7.77. The Kier molecular flexibility index (Phi) is 6.37. The zero-order valence-electron chi connectivity index (χ0n) is 10.1. The molecule has 0 aromatic rings. The van der Waals surface area contributed by atoms with E-state index in [1.54, 1.807) is 0 Å².